The summed E-state index contributed by atoms with van der Waals surface area (Å²) in [7, 11) is 0. The Balaban J connectivity index is 0.00000200. The van der Waals surface area contributed by atoms with E-state index < -0.39 is 0 Å². The summed E-state index contributed by atoms with van der Waals surface area (Å²) in [6.45, 7) is 1.61. The minimum Gasteiger partial charge on any atom is -0.376 e. The van der Waals surface area contributed by atoms with E-state index >= 15 is 0 Å². The van der Waals surface area contributed by atoms with Gasteiger partial charge in [0.15, 0.2) is 5.96 Å². The van der Waals surface area contributed by atoms with Crippen LogP contribution >= 0.6 is 0 Å². The van der Waals surface area contributed by atoms with E-state index in [0.29, 0.717) is 24.4 Å². The van der Waals surface area contributed by atoms with Crippen molar-refractivity contribution in [1.29, 1.82) is 0 Å². The molecule has 20 heavy (non-hydrogen) atoms. The Morgan fingerprint density at radius 2 is 2.10 bits per heavy atom. The fourth-order valence-electron chi connectivity index (χ4n) is 1.81. The maximum atomic E-state index is 11.7. The minimum atomic E-state index is -0.0563. The van der Waals surface area contributed by atoms with Gasteiger partial charge in [0.05, 0.1) is 6.29 Å². The van der Waals surface area contributed by atoms with Crippen molar-refractivity contribution in [1.82, 2.24) is 10.6 Å². The third-order valence-corrected chi connectivity index (χ3v) is 2.87. The van der Waals surface area contributed by atoms with Gasteiger partial charge in [-0.25, -0.2) is 0 Å². The molecule has 0 fully saturated rings. The van der Waals surface area contributed by atoms with Crippen LogP contribution in [0.5, 0.6) is 0 Å². The number of rotatable bonds is 4. The summed E-state index contributed by atoms with van der Waals surface area (Å²) in [6.07, 6.45) is 3.85. The summed E-state index contributed by atoms with van der Waals surface area (Å²) >= 11 is 0. The molecule has 2 rings (SSSR count). The third-order valence-electron chi connectivity index (χ3n) is 2.87. The monoisotopic (exact) mass is 347 g/mol. The molecule has 0 bridgehead atoms. The maximum Gasteiger partial charge on any atom is 0.226 e. The van der Waals surface area contributed by atoms with Crippen molar-refractivity contribution in [2.75, 3.05) is 13.1 Å². The number of aliphatic imine (C=N–C) groups is 1. The largest absolute Gasteiger partial charge is 0.376 e. The normalized spacial score (nSPS) is 13.5. The summed E-state index contributed by atoms with van der Waals surface area (Å²) in [5, 5.41) is 5.79. The number of hydrogen-bond donors (Lipinski definition) is 2. The van der Waals surface area contributed by atoms with E-state index in [0.717, 1.165) is 25.1 Å². The molecule has 1 aliphatic heterocycles. The molecule has 6 heteroatoms. The second-order valence-corrected chi connectivity index (χ2v) is 4.36. The van der Waals surface area contributed by atoms with Crippen LogP contribution in [0.2, 0.25) is 0 Å². The first kappa shape index (κ1) is 17.0. The van der Waals surface area contributed by atoms with Crippen molar-refractivity contribution in [3.63, 3.8) is 0 Å². The standard InChI is InChI=1S/C14H16N3O2.Y/c18-10-12-4-2-11(3-5-12)6-7-13(19)17-14-15-8-1-9-16-14;/h2-5H,1,6-9H2,(H2,15,16,17,19);/q-1;. The van der Waals surface area contributed by atoms with Crippen molar-refractivity contribution >= 4 is 18.2 Å². The molecule has 0 atom stereocenters. The molecular formula is C14H16N3O2Y-. The van der Waals surface area contributed by atoms with Crippen LogP contribution in [0.15, 0.2) is 29.3 Å². The van der Waals surface area contributed by atoms with Gasteiger partial charge in [-0.1, -0.05) is 5.56 Å². The van der Waals surface area contributed by atoms with Crippen LogP contribution in [-0.2, 0) is 48.7 Å². The number of amides is 1. The van der Waals surface area contributed by atoms with E-state index in [1.165, 1.54) is 0 Å². The molecule has 1 aromatic rings. The van der Waals surface area contributed by atoms with Gasteiger partial charge in [-0.3, -0.25) is 15.1 Å². The zero-order chi connectivity index (χ0) is 13.5. The molecular weight excluding hydrogens is 331 g/mol. The van der Waals surface area contributed by atoms with E-state index in [9.17, 15) is 9.59 Å². The predicted molar refractivity (Wildman–Crippen MR) is 72.6 cm³/mol. The Kier molecular flexibility index (Phi) is 7.63. The van der Waals surface area contributed by atoms with Gasteiger partial charge in [-0.2, -0.15) is 17.7 Å². The summed E-state index contributed by atoms with van der Waals surface area (Å²) in [5.74, 6) is 0.515. The number of guanidine groups is 1. The van der Waals surface area contributed by atoms with Gasteiger partial charge in [0, 0.05) is 52.2 Å². The van der Waals surface area contributed by atoms with Crippen LogP contribution in [0.25, 0.3) is 0 Å². The van der Waals surface area contributed by atoms with Crippen LogP contribution in [0, 0.1) is 0 Å². The molecule has 1 heterocycles. The second kappa shape index (κ2) is 8.98. The number of benzene rings is 1. The molecule has 0 saturated carbocycles. The van der Waals surface area contributed by atoms with E-state index in [-0.39, 0.29) is 38.6 Å². The van der Waals surface area contributed by atoms with Crippen molar-refractivity contribution in [3.05, 3.63) is 35.4 Å². The van der Waals surface area contributed by atoms with E-state index in [2.05, 4.69) is 15.6 Å². The van der Waals surface area contributed by atoms with Gasteiger partial charge in [0.25, 0.3) is 0 Å². The molecule has 0 spiro atoms. The molecule has 1 aromatic carbocycles. The maximum absolute atomic E-state index is 11.7. The number of nitrogens with zero attached hydrogens (tertiary/aromatic N) is 1. The van der Waals surface area contributed by atoms with Crippen LogP contribution < -0.4 is 10.6 Å². The zero-order valence-electron chi connectivity index (χ0n) is 11.2. The SMILES string of the molecule is O=[C-]c1ccc(CCC(=O)NC2=NCCCN2)cc1.[Y]. The molecule has 1 radical (unpaired) electrons. The van der Waals surface area contributed by atoms with Gasteiger partial charge in [0.1, 0.15) is 0 Å². The molecule has 1 aliphatic rings. The fourth-order valence-corrected chi connectivity index (χ4v) is 1.81. The molecule has 0 aromatic heterocycles. The number of nitrogens with one attached hydrogen (secondary N) is 2. The Hall–Kier alpha value is -1.07. The second-order valence-electron chi connectivity index (χ2n) is 4.36. The number of hydrogen-bond acceptors (Lipinski definition) is 4. The van der Waals surface area contributed by atoms with Crippen molar-refractivity contribution < 1.29 is 42.3 Å². The van der Waals surface area contributed by atoms with Crippen LogP contribution in [-0.4, -0.2) is 31.2 Å². The smallest absolute Gasteiger partial charge is 0.226 e. The Morgan fingerprint density at radius 3 is 2.70 bits per heavy atom. The summed E-state index contributed by atoms with van der Waals surface area (Å²) < 4.78 is 0. The van der Waals surface area contributed by atoms with Crippen molar-refractivity contribution in [2.45, 2.75) is 19.3 Å². The Morgan fingerprint density at radius 1 is 1.35 bits per heavy atom. The molecule has 0 saturated heterocycles. The molecule has 1 amide bonds. The van der Waals surface area contributed by atoms with E-state index in [1.54, 1.807) is 12.1 Å². The number of carbonyl (C=O) groups is 1. The average Bonchev–Trinajstić information content (AvgIpc) is 2.47. The first-order valence-electron chi connectivity index (χ1n) is 6.33. The van der Waals surface area contributed by atoms with Gasteiger partial charge in [-0.05, 0) is 12.8 Å². The third kappa shape index (κ3) is 5.51. The summed E-state index contributed by atoms with van der Waals surface area (Å²) in [4.78, 5) is 26.3. The van der Waals surface area contributed by atoms with Crippen LogP contribution in [0.3, 0.4) is 0 Å². The van der Waals surface area contributed by atoms with Crippen molar-refractivity contribution in [2.24, 2.45) is 4.99 Å². The molecule has 0 unspecified atom stereocenters. The first-order valence-corrected chi connectivity index (χ1v) is 6.33. The Bertz CT molecular complexity index is 486. The predicted octanol–water partition coefficient (Wildman–Crippen LogP) is 0.540. The van der Waals surface area contributed by atoms with E-state index in [1.807, 2.05) is 18.4 Å². The average molecular weight is 347 g/mol. The fraction of sp³-hybridized carbons (Fsp3) is 0.357. The first-order chi connectivity index (χ1) is 9.28. The van der Waals surface area contributed by atoms with Crippen LogP contribution in [0.1, 0.15) is 24.0 Å². The molecule has 0 aliphatic carbocycles. The molecule has 103 valence electrons. The number of aryl methyl sites for hydroxylation is 1. The topological polar surface area (TPSA) is 70.6 Å². The molecule has 2 N–H and O–H groups in total. The Labute approximate surface area is 143 Å². The summed E-state index contributed by atoms with van der Waals surface area (Å²) in [6, 6.07) is 7.08. The van der Waals surface area contributed by atoms with Crippen molar-refractivity contribution in [3.8, 4) is 0 Å². The van der Waals surface area contributed by atoms with Gasteiger partial charge in [-0.15, -0.1) is 12.1 Å². The summed E-state index contributed by atoms with van der Waals surface area (Å²) in [5.41, 5.74) is 1.54. The van der Waals surface area contributed by atoms with Gasteiger partial charge >= 0.3 is 0 Å². The van der Waals surface area contributed by atoms with E-state index in [4.69, 9.17) is 0 Å². The quantitative estimate of drug-likeness (QED) is 0.781. The zero-order valence-corrected chi connectivity index (χ0v) is 14.0. The van der Waals surface area contributed by atoms with Gasteiger partial charge < -0.3 is 10.1 Å². The number of carbonyl (C=O) groups excluding carboxylic acids is 2. The van der Waals surface area contributed by atoms with Crippen LogP contribution in [0.4, 0.5) is 0 Å². The minimum absolute atomic E-state index is 0. The van der Waals surface area contributed by atoms with Gasteiger partial charge in [0.2, 0.25) is 5.91 Å². The molecule has 5 nitrogen and oxygen atoms in total.